The van der Waals surface area contributed by atoms with Crippen molar-refractivity contribution in [1.29, 1.82) is 15.8 Å². The molecule has 5 nitrogen and oxygen atoms in total. The number of hydrogen-bond donors (Lipinski definition) is 0. The van der Waals surface area contributed by atoms with Crippen LogP contribution in [0.3, 0.4) is 0 Å². The van der Waals surface area contributed by atoms with Crippen LogP contribution in [0, 0.1) is 33.7 Å². The van der Waals surface area contributed by atoms with E-state index in [1.54, 1.807) is 0 Å². The Morgan fingerprint density at radius 1 is 1.09 bits per heavy atom. The molecule has 0 amide bonds. The third-order valence-electron chi connectivity index (χ3n) is 0.968. The molecule has 56 valence electrons. The summed E-state index contributed by atoms with van der Waals surface area (Å²) in [6.45, 7) is 0. The van der Waals surface area contributed by atoms with Crippen LogP contribution in [0.2, 0.25) is 0 Å². The fourth-order valence-corrected chi connectivity index (χ4v) is 0.653. The van der Waals surface area contributed by atoms with Gasteiger partial charge in [0.15, 0.2) is 10.1 Å². The van der Waals surface area contributed by atoms with Crippen LogP contribution < -0.4 is 0 Å². The van der Waals surface area contributed by atoms with Crippen LogP contribution in [0.1, 0.15) is 0 Å². The minimum Gasteiger partial charge on any atom is -0.245 e. The second kappa shape index (κ2) is 2.57. The monoisotopic (exact) mass is 172 g/mol. The first-order chi connectivity index (χ1) is 4.93. The highest BCUT2D eigenvalue weighted by Gasteiger charge is 2.41. The first kappa shape index (κ1) is 9.41. The van der Waals surface area contributed by atoms with Gasteiger partial charge in [-0.3, -0.25) is 0 Å². The van der Waals surface area contributed by atoms with E-state index in [0.717, 1.165) is 17.9 Å². The second-order valence-electron chi connectivity index (χ2n) is 1.65. The lowest BCUT2D eigenvalue weighted by Gasteiger charge is -2.07. The second-order valence-corrected chi connectivity index (χ2v) is 3.31. The zero-order valence-electron chi connectivity index (χ0n) is 5.02. The highest BCUT2D eigenvalue weighted by atomic mass is 32.3. The number of halogens is 1. The van der Waals surface area contributed by atoms with Crippen LogP contribution in [0.5, 0.6) is 0 Å². The molecule has 0 saturated carbocycles. The summed E-state index contributed by atoms with van der Waals surface area (Å²) >= 11 is 0. The Labute approximate surface area is 62.3 Å². The van der Waals surface area contributed by atoms with Crippen molar-refractivity contribution in [2.75, 3.05) is 0 Å². The third-order valence-corrected chi connectivity index (χ3v) is 2.13. The van der Waals surface area contributed by atoms with Gasteiger partial charge in [0.05, 0.1) is 0 Å². The predicted molar refractivity (Wildman–Crippen MR) is 32.6 cm³/mol. The van der Waals surface area contributed by atoms with Gasteiger partial charge in [-0.15, -0.1) is 3.89 Å². The molecule has 0 radical (unpaired) electrons. The highest BCUT2D eigenvalue weighted by molar-refractivity contribution is 8.21. The number of nitriles is 3. The van der Waals surface area contributed by atoms with Gasteiger partial charge in [0.1, 0.15) is 0 Å². The quantitative estimate of drug-likeness (QED) is 0.388. The predicted octanol–water partition coefficient (Wildman–Crippen LogP) is -0.580. The summed E-state index contributed by atoms with van der Waals surface area (Å²) in [4.78, 5) is 0. The SMILES string of the molecule is N#C[B-](C#N)(C#N)S(=O)(=O)F. The molecule has 0 aliphatic rings. The van der Waals surface area contributed by atoms with Crippen LogP contribution in [-0.4, -0.2) is 13.8 Å². The van der Waals surface area contributed by atoms with Gasteiger partial charge in [0.25, 0.3) is 0 Å². The van der Waals surface area contributed by atoms with Gasteiger partial charge in [0.2, 0.25) is 0 Å². The van der Waals surface area contributed by atoms with E-state index in [-0.39, 0.29) is 0 Å². The summed E-state index contributed by atoms with van der Waals surface area (Å²) in [5.41, 5.74) is -3.88. The standard InChI is InChI=1S/C3BFN3O2S/c5-11(9,10)4(1-6,2-7)3-8/q-1. The molecule has 0 aromatic heterocycles. The minimum absolute atomic E-state index is 0.832. The summed E-state index contributed by atoms with van der Waals surface area (Å²) in [7, 11) is -5.40. The molecule has 0 atom stereocenters. The van der Waals surface area contributed by atoms with Crippen LogP contribution in [0.4, 0.5) is 3.89 Å². The Hall–Kier alpha value is -1.59. The summed E-state index contributed by atoms with van der Waals surface area (Å²) in [6, 6.07) is 0. The molecule has 0 unspecified atom stereocenters. The molecule has 0 bridgehead atoms. The van der Waals surface area contributed by atoms with Gasteiger partial charge >= 0.3 is 5.42 Å². The lowest BCUT2D eigenvalue weighted by molar-refractivity contribution is 0.567. The summed E-state index contributed by atoms with van der Waals surface area (Å²) in [6.07, 6.45) is 0. The van der Waals surface area contributed by atoms with Gasteiger partial charge in [-0.25, -0.2) is 24.2 Å². The van der Waals surface area contributed by atoms with E-state index in [1.807, 2.05) is 0 Å². The van der Waals surface area contributed by atoms with Crippen LogP contribution >= 0.6 is 0 Å². The molecule has 0 rings (SSSR count). The maximum Gasteiger partial charge on any atom is 0.445 e. The van der Waals surface area contributed by atoms with E-state index in [2.05, 4.69) is 0 Å². The molecule has 0 aromatic rings. The minimum atomic E-state index is -5.40. The zero-order chi connectivity index (χ0) is 9.12. The maximum absolute atomic E-state index is 12.0. The smallest absolute Gasteiger partial charge is 0.245 e. The van der Waals surface area contributed by atoms with E-state index < -0.39 is 15.5 Å². The molecular formula is C3BFN3O2S-. The van der Waals surface area contributed by atoms with E-state index in [0.29, 0.717) is 0 Å². The number of rotatable bonds is 1. The molecule has 0 N–H and O–H groups in total. The topological polar surface area (TPSA) is 106 Å². The van der Waals surface area contributed by atoms with Crippen molar-refractivity contribution < 1.29 is 12.3 Å². The van der Waals surface area contributed by atoms with Gasteiger partial charge in [-0.1, -0.05) is 17.9 Å². The average Bonchev–Trinajstić information content (AvgIpc) is 1.90. The first-order valence-corrected chi connectivity index (χ1v) is 3.71. The Kier molecular flexibility index (Phi) is 2.20. The molecule has 0 aliphatic heterocycles. The van der Waals surface area contributed by atoms with Crippen LogP contribution in [-0.2, 0) is 10.1 Å². The third kappa shape index (κ3) is 1.29. The van der Waals surface area contributed by atoms with Crippen molar-refractivity contribution in [3.05, 3.63) is 0 Å². The normalized spacial score (nSPS) is 10.7. The average molecular weight is 172 g/mol. The zero-order valence-corrected chi connectivity index (χ0v) is 5.84. The van der Waals surface area contributed by atoms with Crippen molar-refractivity contribution in [3.63, 3.8) is 0 Å². The van der Waals surface area contributed by atoms with Gasteiger partial charge < -0.3 is 0 Å². The Bertz CT molecular complexity index is 346. The van der Waals surface area contributed by atoms with Gasteiger partial charge in [-0.05, 0) is 0 Å². The van der Waals surface area contributed by atoms with Crippen molar-refractivity contribution >= 4 is 15.5 Å². The van der Waals surface area contributed by atoms with Gasteiger partial charge in [0, 0.05) is 0 Å². The van der Waals surface area contributed by atoms with Crippen molar-refractivity contribution in [1.82, 2.24) is 0 Å². The Balaban J connectivity index is 5.56. The Morgan fingerprint density at radius 3 is 1.36 bits per heavy atom. The maximum atomic E-state index is 12.0. The molecule has 11 heavy (non-hydrogen) atoms. The van der Waals surface area contributed by atoms with E-state index in [1.165, 1.54) is 0 Å². The fourth-order valence-electron chi connectivity index (χ4n) is 0.275. The largest absolute Gasteiger partial charge is 0.445 e. The fraction of sp³-hybridized carbons (Fsp3) is 0. The lowest BCUT2D eigenvalue weighted by atomic mass is 9.52. The van der Waals surface area contributed by atoms with Crippen LogP contribution in [0.15, 0.2) is 0 Å². The summed E-state index contributed by atoms with van der Waals surface area (Å²) < 4.78 is 32.1. The summed E-state index contributed by atoms with van der Waals surface area (Å²) in [5.74, 6) is 2.50. The molecule has 0 aliphatic carbocycles. The molecule has 0 spiro atoms. The highest BCUT2D eigenvalue weighted by Crippen LogP contribution is 2.10. The molecule has 0 heterocycles. The lowest BCUT2D eigenvalue weighted by Crippen LogP contribution is -2.37. The van der Waals surface area contributed by atoms with Gasteiger partial charge in [-0.2, -0.15) is 0 Å². The Morgan fingerprint density at radius 2 is 1.36 bits per heavy atom. The van der Waals surface area contributed by atoms with Crippen LogP contribution in [0.25, 0.3) is 0 Å². The van der Waals surface area contributed by atoms with Crippen molar-refractivity contribution in [3.8, 4) is 17.9 Å². The number of nitrogens with zero attached hydrogens (tertiary/aromatic N) is 3. The molecular weight excluding hydrogens is 172 g/mol. The number of hydrogen-bond acceptors (Lipinski definition) is 5. The first-order valence-electron chi connectivity index (χ1n) is 2.26. The molecule has 0 aromatic carbocycles. The molecule has 0 saturated heterocycles. The van der Waals surface area contributed by atoms with Crippen molar-refractivity contribution in [2.24, 2.45) is 0 Å². The van der Waals surface area contributed by atoms with Crippen molar-refractivity contribution in [2.45, 2.75) is 0 Å². The van der Waals surface area contributed by atoms with E-state index in [9.17, 15) is 12.3 Å². The molecule has 8 heteroatoms. The van der Waals surface area contributed by atoms with E-state index in [4.69, 9.17) is 15.8 Å². The van der Waals surface area contributed by atoms with E-state index >= 15 is 0 Å². The molecule has 0 fully saturated rings. The summed E-state index contributed by atoms with van der Waals surface area (Å²) in [5, 5.41) is 24.1.